The molecule has 0 amide bonds. The molecule has 176 valence electrons. The van der Waals surface area contributed by atoms with E-state index in [-0.39, 0.29) is 36.6 Å². The molecule has 1 fully saturated rings. The zero-order valence-electron chi connectivity index (χ0n) is 19.1. The maximum Gasteiger partial charge on any atom is 0.332 e. The van der Waals surface area contributed by atoms with Crippen molar-refractivity contribution in [2.45, 2.75) is 103 Å². The monoisotopic (exact) mass is 428 g/mol. The quantitative estimate of drug-likeness (QED) is 0.219. The highest BCUT2D eigenvalue weighted by Crippen LogP contribution is 2.37. The van der Waals surface area contributed by atoms with Crippen LogP contribution in [0.15, 0.2) is 12.2 Å². The van der Waals surface area contributed by atoms with Gasteiger partial charge in [0.25, 0.3) is 0 Å². The maximum atomic E-state index is 11.2. The van der Waals surface area contributed by atoms with Gasteiger partial charge in [-0.05, 0) is 49.4 Å². The van der Waals surface area contributed by atoms with Gasteiger partial charge >= 0.3 is 5.97 Å². The molecule has 0 aliphatic heterocycles. The van der Waals surface area contributed by atoms with Crippen LogP contribution < -0.4 is 0 Å². The summed E-state index contributed by atoms with van der Waals surface area (Å²) in [5.41, 5.74) is -0.141. The Balaban J connectivity index is 2.44. The molecule has 1 rings (SSSR count). The minimum absolute atomic E-state index is 0.0420. The highest BCUT2D eigenvalue weighted by atomic mass is 16.5. The Morgan fingerprint density at radius 1 is 1.20 bits per heavy atom. The minimum Gasteiger partial charge on any atom is -0.479 e. The van der Waals surface area contributed by atoms with Gasteiger partial charge < -0.3 is 25.2 Å². The number of allylic oxidation sites excluding steroid dienone is 1. The molecular formula is C24H44O6. The number of hydrogen-bond acceptors (Lipinski definition) is 5. The third-order valence-electron chi connectivity index (χ3n) is 6.55. The summed E-state index contributed by atoms with van der Waals surface area (Å²) in [5.74, 6) is -0.496. The highest BCUT2D eigenvalue weighted by Gasteiger charge is 2.33. The standard InChI is InChI=1S/C24H44O6/c1-4-5-15-24(2,3)22(27)14-12-18-11-13-20(26)19(18)9-7-6-8-10-21(23(28)29)30-17-16-25/h12,14,18-22,25-27H,4-11,13,15-17H2,1-3H3,(H,28,29)/t18-,19-,20+,21?,22?/m1/s1. The summed E-state index contributed by atoms with van der Waals surface area (Å²) in [5, 5.41) is 38.9. The lowest BCUT2D eigenvalue weighted by molar-refractivity contribution is -0.151. The summed E-state index contributed by atoms with van der Waals surface area (Å²) < 4.78 is 5.15. The van der Waals surface area contributed by atoms with Crippen molar-refractivity contribution >= 4 is 5.97 Å². The predicted octanol–water partition coefficient (Wildman–Crippen LogP) is 3.92. The van der Waals surface area contributed by atoms with Gasteiger partial charge in [0.2, 0.25) is 0 Å². The van der Waals surface area contributed by atoms with Crippen molar-refractivity contribution in [2.75, 3.05) is 13.2 Å². The van der Waals surface area contributed by atoms with Crippen LogP contribution >= 0.6 is 0 Å². The Bertz CT molecular complexity index is 504. The van der Waals surface area contributed by atoms with Crippen molar-refractivity contribution in [3.8, 4) is 0 Å². The highest BCUT2D eigenvalue weighted by molar-refractivity contribution is 5.72. The van der Waals surface area contributed by atoms with E-state index >= 15 is 0 Å². The minimum atomic E-state index is -0.986. The number of carbonyl (C=O) groups is 1. The van der Waals surface area contributed by atoms with E-state index in [0.717, 1.165) is 57.8 Å². The zero-order chi connectivity index (χ0) is 22.6. The molecule has 30 heavy (non-hydrogen) atoms. The average Bonchev–Trinajstić information content (AvgIpc) is 3.05. The van der Waals surface area contributed by atoms with E-state index in [4.69, 9.17) is 14.9 Å². The molecule has 0 aromatic carbocycles. The van der Waals surface area contributed by atoms with E-state index < -0.39 is 18.2 Å². The van der Waals surface area contributed by atoms with Crippen molar-refractivity contribution in [3.05, 3.63) is 12.2 Å². The van der Waals surface area contributed by atoms with Crippen LogP contribution in [0.1, 0.15) is 85.0 Å². The second kappa shape index (κ2) is 14.2. The van der Waals surface area contributed by atoms with Gasteiger partial charge in [-0.2, -0.15) is 0 Å². The first-order valence-electron chi connectivity index (χ1n) is 11.7. The van der Waals surface area contributed by atoms with Crippen LogP contribution in [0, 0.1) is 17.3 Å². The number of rotatable bonds is 16. The van der Waals surface area contributed by atoms with Gasteiger partial charge in [0.05, 0.1) is 25.4 Å². The molecule has 4 N–H and O–H groups in total. The fourth-order valence-electron chi connectivity index (χ4n) is 4.37. The number of hydrogen-bond donors (Lipinski definition) is 4. The van der Waals surface area contributed by atoms with Crippen LogP contribution in [0.25, 0.3) is 0 Å². The van der Waals surface area contributed by atoms with Gasteiger partial charge in [0.15, 0.2) is 6.10 Å². The number of aliphatic hydroxyl groups excluding tert-OH is 3. The van der Waals surface area contributed by atoms with E-state index in [9.17, 15) is 15.0 Å². The summed E-state index contributed by atoms with van der Waals surface area (Å²) in [7, 11) is 0. The smallest absolute Gasteiger partial charge is 0.332 e. The molecule has 1 saturated carbocycles. The molecule has 5 atom stereocenters. The Kier molecular flexibility index (Phi) is 12.8. The molecular weight excluding hydrogens is 384 g/mol. The number of ether oxygens (including phenoxy) is 1. The maximum absolute atomic E-state index is 11.2. The van der Waals surface area contributed by atoms with Crippen LogP contribution in [0.3, 0.4) is 0 Å². The Morgan fingerprint density at radius 3 is 2.57 bits per heavy atom. The van der Waals surface area contributed by atoms with Crippen molar-refractivity contribution in [1.82, 2.24) is 0 Å². The SMILES string of the molecule is CCCCC(C)(C)C(O)C=C[C@H]1CC[C@H](O)[C@@H]1CCCCCC(OCCO)C(=O)O. The van der Waals surface area contributed by atoms with E-state index in [2.05, 4.69) is 26.8 Å². The van der Waals surface area contributed by atoms with E-state index in [1.54, 1.807) is 0 Å². The van der Waals surface area contributed by atoms with Crippen LogP contribution in [-0.2, 0) is 9.53 Å². The Hall–Kier alpha value is -0.950. The van der Waals surface area contributed by atoms with Gasteiger partial charge in [-0.1, -0.05) is 65.0 Å². The molecule has 0 heterocycles. The van der Waals surface area contributed by atoms with Gasteiger partial charge in [-0.25, -0.2) is 4.79 Å². The fourth-order valence-corrected chi connectivity index (χ4v) is 4.37. The normalized spacial score (nSPS) is 24.4. The average molecular weight is 429 g/mol. The molecule has 0 saturated heterocycles. The molecule has 1 aliphatic rings. The molecule has 1 aliphatic carbocycles. The van der Waals surface area contributed by atoms with Gasteiger partial charge in [0.1, 0.15) is 0 Å². The summed E-state index contributed by atoms with van der Waals surface area (Å²) in [4.78, 5) is 11.2. The van der Waals surface area contributed by atoms with Crippen molar-refractivity contribution in [3.63, 3.8) is 0 Å². The van der Waals surface area contributed by atoms with Crippen LogP contribution in [-0.4, -0.2) is 57.9 Å². The Morgan fingerprint density at radius 2 is 1.93 bits per heavy atom. The topological polar surface area (TPSA) is 107 Å². The number of carboxylic acids is 1. The first-order chi connectivity index (χ1) is 14.2. The second-order valence-corrected chi connectivity index (χ2v) is 9.45. The molecule has 0 radical (unpaired) electrons. The lowest BCUT2D eigenvalue weighted by atomic mass is 9.80. The molecule has 6 nitrogen and oxygen atoms in total. The van der Waals surface area contributed by atoms with Crippen molar-refractivity contribution in [2.24, 2.45) is 17.3 Å². The lowest BCUT2D eigenvalue weighted by Crippen LogP contribution is -2.27. The van der Waals surface area contributed by atoms with Gasteiger partial charge in [-0.3, -0.25) is 0 Å². The summed E-state index contributed by atoms with van der Waals surface area (Å²) in [6.45, 7) is 6.23. The first kappa shape index (κ1) is 27.1. The van der Waals surface area contributed by atoms with E-state index in [0.29, 0.717) is 6.42 Å². The molecule has 2 unspecified atom stereocenters. The number of unbranched alkanes of at least 4 members (excludes halogenated alkanes) is 3. The number of carboxylic acid groups (broad SMARTS) is 1. The van der Waals surface area contributed by atoms with Crippen molar-refractivity contribution < 1.29 is 30.0 Å². The third kappa shape index (κ3) is 9.46. The second-order valence-electron chi connectivity index (χ2n) is 9.45. The fraction of sp³-hybridized carbons (Fsp3) is 0.875. The summed E-state index contributed by atoms with van der Waals surface area (Å²) >= 11 is 0. The number of aliphatic hydroxyl groups is 3. The molecule has 0 bridgehead atoms. The largest absolute Gasteiger partial charge is 0.479 e. The van der Waals surface area contributed by atoms with Gasteiger partial charge in [-0.15, -0.1) is 0 Å². The van der Waals surface area contributed by atoms with Gasteiger partial charge in [0, 0.05) is 0 Å². The summed E-state index contributed by atoms with van der Waals surface area (Å²) in [6, 6.07) is 0. The van der Waals surface area contributed by atoms with Crippen LogP contribution in [0.4, 0.5) is 0 Å². The van der Waals surface area contributed by atoms with Crippen LogP contribution in [0.5, 0.6) is 0 Å². The lowest BCUT2D eigenvalue weighted by Gasteiger charge is -2.29. The number of aliphatic carboxylic acids is 1. The molecule has 0 aromatic rings. The van der Waals surface area contributed by atoms with Crippen LogP contribution in [0.2, 0.25) is 0 Å². The first-order valence-corrected chi connectivity index (χ1v) is 11.7. The predicted molar refractivity (Wildman–Crippen MR) is 118 cm³/mol. The molecule has 0 spiro atoms. The molecule has 6 heteroatoms. The zero-order valence-corrected chi connectivity index (χ0v) is 19.1. The summed E-state index contributed by atoms with van der Waals surface area (Å²) in [6.07, 6.45) is 11.3. The van der Waals surface area contributed by atoms with E-state index in [1.807, 2.05) is 6.08 Å². The van der Waals surface area contributed by atoms with E-state index in [1.165, 1.54) is 0 Å². The van der Waals surface area contributed by atoms with Crippen molar-refractivity contribution in [1.29, 1.82) is 0 Å². The Labute approximate surface area is 182 Å². The molecule has 0 aromatic heterocycles. The third-order valence-corrected chi connectivity index (χ3v) is 6.55.